The van der Waals surface area contributed by atoms with Gasteiger partial charge in [0.05, 0.1) is 6.61 Å². The van der Waals surface area contributed by atoms with Crippen LogP contribution in [0.4, 0.5) is 0 Å². The third-order valence-electron chi connectivity index (χ3n) is 12.3. The van der Waals surface area contributed by atoms with Crippen LogP contribution in [0.3, 0.4) is 0 Å². The Morgan fingerprint density at radius 3 is 2.55 bits per heavy atom. The van der Waals surface area contributed by atoms with Gasteiger partial charge in [-0.25, -0.2) is 0 Å². The zero-order valence-electron chi connectivity index (χ0n) is 26.5. The van der Waals surface area contributed by atoms with E-state index in [0.29, 0.717) is 37.7 Å². The molecule has 4 aliphatic rings. The highest BCUT2D eigenvalue weighted by molar-refractivity contribution is 5.80. The molecule has 0 spiro atoms. The van der Waals surface area contributed by atoms with Gasteiger partial charge in [0.2, 0.25) is 0 Å². The molecule has 0 aromatic heterocycles. The number of Topliss-reactive ketones (excluding diaryl/α,β-unsaturated/α-hetero) is 1. The third-order valence-corrected chi connectivity index (χ3v) is 12.3. The molecule has 228 valence electrons. The molecule has 4 aliphatic carbocycles. The first kappa shape index (κ1) is 31.9. The Balaban J connectivity index is 1.30. The van der Waals surface area contributed by atoms with Crippen LogP contribution in [0, 0.1) is 46.3 Å². The van der Waals surface area contributed by atoms with E-state index in [2.05, 4.69) is 40.7 Å². The molecule has 3 saturated carbocycles. The average molecular weight is 557 g/mol. The van der Waals surface area contributed by atoms with Gasteiger partial charge >= 0.3 is 0 Å². The second-order valence-electron chi connectivity index (χ2n) is 15.3. The minimum Gasteiger partial charge on any atom is -0.365 e. The van der Waals surface area contributed by atoms with E-state index in [1.165, 1.54) is 56.9 Å². The van der Waals surface area contributed by atoms with Crippen molar-refractivity contribution >= 4 is 12.1 Å². The standard InChI is InChI=1S/C36H60O4/c1-26(2)11-9-12-27(3)31-17-18-32-30-16-15-28-25-36(39,40-24-8-6-7-13-29(38)14-10-23-37)22-21-34(28,4)33(30)19-20-35(31,32)5/h15,23,26-27,30-33,39H,6-14,16-22,24-25H2,1-5H3/t27-,30+,31-,32+,33+,34+,35-,36?/m1/s1. The van der Waals surface area contributed by atoms with Crippen molar-refractivity contribution in [2.45, 2.75) is 150 Å². The first-order valence-electron chi connectivity index (χ1n) is 17.0. The highest BCUT2D eigenvalue weighted by Gasteiger charge is 2.60. The molecule has 1 unspecified atom stereocenters. The molecule has 40 heavy (non-hydrogen) atoms. The van der Waals surface area contributed by atoms with Gasteiger partial charge in [0, 0.05) is 32.1 Å². The number of unbranched alkanes of at least 4 members (excludes halogenated alkanes) is 2. The Kier molecular flexibility index (Phi) is 10.8. The van der Waals surface area contributed by atoms with E-state index in [1.54, 1.807) is 0 Å². The number of carbonyl (C=O) groups is 2. The van der Waals surface area contributed by atoms with Gasteiger partial charge in [-0.2, -0.15) is 0 Å². The molecule has 0 bridgehead atoms. The summed E-state index contributed by atoms with van der Waals surface area (Å²) in [4.78, 5) is 22.2. The topological polar surface area (TPSA) is 63.6 Å². The molecule has 8 atom stereocenters. The van der Waals surface area contributed by atoms with E-state index in [4.69, 9.17) is 4.74 Å². The Morgan fingerprint density at radius 2 is 1.80 bits per heavy atom. The van der Waals surface area contributed by atoms with Crippen molar-refractivity contribution in [3.63, 3.8) is 0 Å². The number of ether oxygens (including phenoxy) is 1. The monoisotopic (exact) mass is 556 g/mol. The largest absolute Gasteiger partial charge is 0.365 e. The van der Waals surface area contributed by atoms with Crippen LogP contribution >= 0.6 is 0 Å². The van der Waals surface area contributed by atoms with Crippen molar-refractivity contribution in [1.82, 2.24) is 0 Å². The van der Waals surface area contributed by atoms with Gasteiger partial charge in [-0.1, -0.05) is 72.0 Å². The van der Waals surface area contributed by atoms with E-state index in [0.717, 1.165) is 73.9 Å². The van der Waals surface area contributed by atoms with Gasteiger partial charge in [0.25, 0.3) is 0 Å². The van der Waals surface area contributed by atoms with E-state index < -0.39 is 5.79 Å². The molecule has 4 heteroatoms. The minimum atomic E-state index is -1.04. The predicted molar refractivity (Wildman–Crippen MR) is 163 cm³/mol. The average Bonchev–Trinajstić information content (AvgIpc) is 3.27. The highest BCUT2D eigenvalue weighted by atomic mass is 16.6. The van der Waals surface area contributed by atoms with E-state index in [9.17, 15) is 14.7 Å². The fourth-order valence-electron chi connectivity index (χ4n) is 9.97. The quantitative estimate of drug-likeness (QED) is 0.0947. The second kappa shape index (κ2) is 13.5. The maximum Gasteiger partial charge on any atom is 0.169 e. The molecule has 0 aromatic rings. The molecule has 4 nitrogen and oxygen atoms in total. The van der Waals surface area contributed by atoms with Crippen molar-refractivity contribution in [3.8, 4) is 0 Å². The lowest BCUT2D eigenvalue weighted by molar-refractivity contribution is -0.225. The number of aldehydes is 1. The summed E-state index contributed by atoms with van der Waals surface area (Å²) in [6.45, 7) is 13.0. The van der Waals surface area contributed by atoms with E-state index in [-0.39, 0.29) is 11.2 Å². The van der Waals surface area contributed by atoms with Crippen LogP contribution in [-0.4, -0.2) is 29.6 Å². The fraction of sp³-hybridized carbons (Fsp3) is 0.889. The normalized spacial score (nSPS) is 37.8. The number of aliphatic hydroxyl groups is 1. The predicted octanol–water partition coefficient (Wildman–Crippen LogP) is 8.84. The van der Waals surface area contributed by atoms with Crippen LogP contribution < -0.4 is 0 Å². The summed E-state index contributed by atoms with van der Waals surface area (Å²) in [5, 5.41) is 11.4. The molecular formula is C36H60O4. The van der Waals surface area contributed by atoms with Crippen LogP contribution in [0.2, 0.25) is 0 Å². The molecule has 0 aliphatic heterocycles. The number of carbonyl (C=O) groups excluding carboxylic acids is 2. The molecular weight excluding hydrogens is 496 g/mol. The lowest BCUT2D eigenvalue weighted by Gasteiger charge is -2.59. The lowest BCUT2D eigenvalue weighted by Crippen LogP contribution is -2.53. The zero-order valence-corrected chi connectivity index (χ0v) is 26.5. The zero-order chi connectivity index (χ0) is 29.0. The van der Waals surface area contributed by atoms with Crippen LogP contribution in [0.15, 0.2) is 11.6 Å². The van der Waals surface area contributed by atoms with Crippen molar-refractivity contribution in [2.24, 2.45) is 46.3 Å². The molecule has 3 fully saturated rings. The van der Waals surface area contributed by atoms with Gasteiger partial charge in [-0.15, -0.1) is 0 Å². The fourth-order valence-corrected chi connectivity index (χ4v) is 9.97. The molecule has 0 aromatic carbocycles. The van der Waals surface area contributed by atoms with Gasteiger partial charge in [-0.3, -0.25) is 4.79 Å². The number of ketones is 1. The Morgan fingerprint density at radius 1 is 1.00 bits per heavy atom. The SMILES string of the molecule is CC(C)CCC[C@@H](C)[C@H]1CC[C@H]2[C@@H]3CC=C4CC(O)(OCCCCCC(=O)CCC=O)CC[C@]4(C)[C@H]3CC[C@]12C. The Hall–Kier alpha value is -1.00. The number of rotatable bonds is 15. The Labute approximate surface area is 245 Å². The third kappa shape index (κ3) is 6.96. The van der Waals surface area contributed by atoms with Gasteiger partial charge in [0.15, 0.2) is 5.79 Å². The summed E-state index contributed by atoms with van der Waals surface area (Å²) in [7, 11) is 0. The summed E-state index contributed by atoms with van der Waals surface area (Å²) in [6.07, 6.45) is 20.6. The molecule has 0 amide bonds. The van der Waals surface area contributed by atoms with E-state index >= 15 is 0 Å². The summed E-state index contributed by atoms with van der Waals surface area (Å²) in [6, 6.07) is 0. The maximum atomic E-state index is 11.7. The molecule has 0 radical (unpaired) electrons. The number of hydrogen-bond donors (Lipinski definition) is 1. The van der Waals surface area contributed by atoms with Gasteiger partial charge in [-0.05, 0) is 97.7 Å². The smallest absolute Gasteiger partial charge is 0.169 e. The molecule has 1 N–H and O–H groups in total. The van der Waals surface area contributed by atoms with Crippen LogP contribution in [-0.2, 0) is 14.3 Å². The van der Waals surface area contributed by atoms with Crippen molar-refractivity contribution < 1.29 is 19.4 Å². The number of hydrogen-bond acceptors (Lipinski definition) is 4. The minimum absolute atomic E-state index is 0.174. The number of allylic oxidation sites excluding steroid dienone is 1. The Bertz CT molecular complexity index is 893. The van der Waals surface area contributed by atoms with Crippen LogP contribution in [0.1, 0.15) is 144 Å². The highest BCUT2D eigenvalue weighted by Crippen LogP contribution is 2.67. The van der Waals surface area contributed by atoms with Crippen LogP contribution in [0.25, 0.3) is 0 Å². The summed E-state index contributed by atoms with van der Waals surface area (Å²) in [5.74, 6) is 4.12. The molecule has 4 rings (SSSR count). The molecule has 0 saturated heterocycles. The molecule has 0 heterocycles. The van der Waals surface area contributed by atoms with Crippen molar-refractivity contribution in [2.75, 3.05) is 6.61 Å². The summed E-state index contributed by atoms with van der Waals surface area (Å²) >= 11 is 0. The first-order valence-corrected chi connectivity index (χ1v) is 17.0. The lowest BCUT2D eigenvalue weighted by atomic mass is 9.46. The van der Waals surface area contributed by atoms with Crippen LogP contribution in [0.5, 0.6) is 0 Å². The summed E-state index contributed by atoms with van der Waals surface area (Å²) < 4.78 is 6.13. The maximum absolute atomic E-state index is 11.7. The van der Waals surface area contributed by atoms with Crippen molar-refractivity contribution in [3.05, 3.63) is 11.6 Å². The van der Waals surface area contributed by atoms with Gasteiger partial charge < -0.3 is 14.6 Å². The van der Waals surface area contributed by atoms with Gasteiger partial charge in [0.1, 0.15) is 12.1 Å². The first-order chi connectivity index (χ1) is 19.0. The van der Waals surface area contributed by atoms with Crippen molar-refractivity contribution in [1.29, 1.82) is 0 Å². The van der Waals surface area contributed by atoms with E-state index in [1.807, 2.05) is 0 Å². The second-order valence-corrected chi connectivity index (χ2v) is 15.3. The summed E-state index contributed by atoms with van der Waals surface area (Å²) in [5.41, 5.74) is 2.18. The number of fused-ring (bicyclic) bond motifs is 5.